The van der Waals surface area contributed by atoms with E-state index in [1.54, 1.807) is 11.8 Å². The van der Waals surface area contributed by atoms with Crippen LogP contribution in [-0.2, 0) is 9.59 Å². The van der Waals surface area contributed by atoms with Crippen LogP contribution in [0.2, 0.25) is 0 Å². The third-order valence-electron chi connectivity index (χ3n) is 5.02. The summed E-state index contributed by atoms with van der Waals surface area (Å²) in [6.07, 6.45) is 2.59. The first-order chi connectivity index (χ1) is 11.6. The summed E-state index contributed by atoms with van der Waals surface area (Å²) in [6, 6.07) is 8.47. The molecule has 5 heteroatoms. The molecule has 24 heavy (non-hydrogen) atoms. The molecule has 1 atom stereocenters. The van der Waals surface area contributed by atoms with Gasteiger partial charge in [-0.15, -0.1) is 11.8 Å². The Morgan fingerprint density at radius 1 is 1.29 bits per heavy atom. The number of thioether (sulfide) groups is 1. The van der Waals surface area contributed by atoms with Crippen molar-refractivity contribution in [1.82, 2.24) is 9.80 Å². The van der Waals surface area contributed by atoms with Crippen molar-refractivity contribution in [2.45, 2.75) is 38.5 Å². The van der Waals surface area contributed by atoms with Gasteiger partial charge in [0.2, 0.25) is 11.8 Å². The number of carbonyl (C=O) groups excluding carboxylic acids is 2. The van der Waals surface area contributed by atoms with Crippen LogP contribution in [0.4, 0.5) is 0 Å². The Hall–Kier alpha value is -1.49. The molecule has 4 nitrogen and oxygen atoms in total. The number of likely N-dealkylation sites (tertiary alicyclic amines) is 1. The maximum Gasteiger partial charge on any atom is 0.233 e. The van der Waals surface area contributed by atoms with Gasteiger partial charge in [-0.2, -0.15) is 0 Å². The fraction of sp³-hybridized carbons (Fsp3) is 0.579. The van der Waals surface area contributed by atoms with Crippen LogP contribution in [0.1, 0.15) is 42.7 Å². The van der Waals surface area contributed by atoms with E-state index in [1.807, 2.05) is 11.8 Å². The van der Waals surface area contributed by atoms with Crippen molar-refractivity contribution < 1.29 is 9.59 Å². The molecule has 3 rings (SSSR count). The van der Waals surface area contributed by atoms with E-state index in [-0.39, 0.29) is 17.2 Å². The van der Waals surface area contributed by atoms with Crippen LogP contribution in [0.15, 0.2) is 24.3 Å². The molecule has 0 aromatic heterocycles. The lowest BCUT2D eigenvalue weighted by Crippen LogP contribution is -2.42. The fourth-order valence-electron chi connectivity index (χ4n) is 3.62. The van der Waals surface area contributed by atoms with Crippen LogP contribution in [0.3, 0.4) is 0 Å². The van der Waals surface area contributed by atoms with Gasteiger partial charge in [-0.05, 0) is 31.2 Å². The van der Waals surface area contributed by atoms with Gasteiger partial charge in [0.05, 0.1) is 5.75 Å². The summed E-state index contributed by atoms with van der Waals surface area (Å²) in [5, 5.41) is 0.146. The number of nitrogens with zero attached hydrogens (tertiary/aromatic N) is 2. The van der Waals surface area contributed by atoms with Gasteiger partial charge in [0.25, 0.3) is 0 Å². The van der Waals surface area contributed by atoms with Gasteiger partial charge in [-0.1, -0.05) is 36.8 Å². The first kappa shape index (κ1) is 17.3. The van der Waals surface area contributed by atoms with E-state index in [0.29, 0.717) is 18.1 Å². The van der Waals surface area contributed by atoms with Crippen LogP contribution in [0.25, 0.3) is 0 Å². The largest absolute Gasteiger partial charge is 0.343 e. The zero-order chi connectivity index (χ0) is 17.1. The third-order valence-corrected chi connectivity index (χ3v) is 6.28. The number of hydrogen-bond donors (Lipinski definition) is 0. The van der Waals surface area contributed by atoms with Crippen LogP contribution < -0.4 is 0 Å². The molecular weight excluding hydrogens is 320 g/mol. The van der Waals surface area contributed by atoms with Crippen molar-refractivity contribution in [2.24, 2.45) is 5.92 Å². The van der Waals surface area contributed by atoms with Gasteiger partial charge in [-0.25, -0.2) is 0 Å². The zero-order valence-electron chi connectivity index (χ0n) is 14.5. The maximum absolute atomic E-state index is 12.4. The molecule has 0 N–H and O–H groups in total. The lowest BCUT2D eigenvalue weighted by atomic mass is 9.95. The topological polar surface area (TPSA) is 40.6 Å². The molecule has 130 valence electrons. The average molecular weight is 346 g/mol. The van der Waals surface area contributed by atoms with Gasteiger partial charge in [-0.3, -0.25) is 9.59 Å². The Labute approximate surface area is 148 Å². The highest BCUT2D eigenvalue weighted by Gasteiger charge is 2.35. The summed E-state index contributed by atoms with van der Waals surface area (Å²) in [5.74, 6) is 1.57. The second-order valence-electron chi connectivity index (χ2n) is 6.80. The molecule has 0 saturated carbocycles. The number of hydrogen-bond acceptors (Lipinski definition) is 3. The summed E-state index contributed by atoms with van der Waals surface area (Å²) in [5.41, 5.74) is 2.46. The Bertz CT molecular complexity index is 611. The normalized spacial score (nSPS) is 22.2. The molecule has 2 heterocycles. The predicted molar refractivity (Wildman–Crippen MR) is 97.7 cm³/mol. The van der Waals surface area contributed by atoms with Gasteiger partial charge in [0.1, 0.15) is 5.37 Å². The average Bonchev–Trinajstić information content (AvgIpc) is 2.95. The predicted octanol–water partition coefficient (Wildman–Crippen LogP) is 3.22. The van der Waals surface area contributed by atoms with E-state index in [0.717, 1.165) is 32.5 Å². The quantitative estimate of drug-likeness (QED) is 0.840. The van der Waals surface area contributed by atoms with E-state index in [9.17, 15) is 9.59 Å². The zero-order valence-corrected chi connectivity index (χ0v) is 15.3. The van der Waals surface area contributed by atoms with Gasteiger partial charge in [0.15, 0.2) is 0 Å². The molecule has 2 saturated heterocycles. The number of piperidine rings is 1. The molecule has 1 aromatic carbocycles. The van der Waals surface area contributed by atoms with Gasteiger partial charge < -0.3 is 9.80 Å². The molecule has 1 aromatic rings. The molecule has 0 bridgehead atoms. The highest BCUT2D eigenvalue weighted by Crippen LogP contribution is 2.40. The highest BCUT2D eigenvalue weighted by atomic mass is 32.2. The molecule has 0 radical (unpaired) electrons. The maximum atomic E-state index is 12.4. The lowest BCUT2D eigenvalue weighted by Gasteiger charge is -2.35. The first-order valence-electron chi connectivity index (χ1n) is 8.84. The second-order valence-corrected chi connectivity index (χ2v) is 7.87. The van der Waals surface area contributed by atoms with Crippen molar-refractivity contribution in [3.63, 3.8) is 0 Å². The minimum atomic E-state index is 0.146. The summed E-state index contributed by atoms with van der Waals surface area (Å²) < 4.78 is 0. The summed E-state index contributed by atoms with van der Waals surface area (Å²) >= 11 is 1.73. The van der Waals surface area contributed by atoms with Crippen LogP contribution >= 0.6 is 11.8 Å². The molecular formula is C19H26N2O2S. The molecule has 2 fully saturated rings. The Balaban J connectivity index is 1.63. The lowest BCUT2D eigenvalue weighted by molar-refractivity contribution is -0.133. The smallest absolute Gasteiger partial charge is 0.233 e. The minimum Gasteiger partial charge on any atom is -0.343 e. The van der Waals surface area contributed by atoms with Gasteiger partial charge >= 0.3 is 0 Å². The van der Waals surface area contributed by atoms with Crippen molar-refractivity contribution >= 4 is 23.6 Å². The van der Waals surface area contributed by atoms with Crippen molar-refractivity contribution in [1.29, 1.82) is 0 Å². The molecule has 0 aliphatic carbocycles. The highest BCUT2D eigenvalue weighted by molar-refractivity contribution is 8.00. The van der Waals surface area contributed by atoms with Crippen LogP contribution in [0, 0.1) is 12.8 Å². The second kappa shape index (κ2) is 7.60. The van der Waals surface area contributed by atoms with E-state index >= 15 is 0 Å². The van der Waals surface area contributed by atoms with Crippen molar-refractivity contribution in [3.05, 3.63) is 35.4 Å². The molecule has 2 aliphatic rings. The first-order valence-corrected chi connectivity index (χ1v) is 9.88. The van der Waals surface area contributed by atoms with Crippen LogP contribution in [-0.4, -0.2) is 47.0 Å². The number of rotatable bonds is 4. The van der Waals surface area contributed by atoms with Crippen LogP contribution in [0.5, 0.6) is 0 Å². The number of benzene rings is 1. The Kier molecular flexibility index (Phi) is 5.49. The van der Waals surface area contributed by atoms with E-state index in [2.05, 4.69) is 36.1 Å². The molecule has 2 aliphatic heterocycles. The monoisotopic (exact) mass is 346 g/mol. The molecule has 0 spiro atoms. The standard InChI is InChI=1S/C19H26N2O2S/c1-3-17(22)20-9-7-15(8-10-20)12-21-18(23)13-24-19(21)16-6-4-5-14(2)11-16/h4-6,11,15,19H,3,7-10,12-13H2,1-2H3. The molecule has 2 amide bonds. The van der Waals surface area contributed by atoms with Crippen molar-refractivity contribution in [2.75, 3.05) is 25.4 Å². The summed E-state index contributed by atoms with van der Waals surface area (Å²) in [7, 11) is 0. The fourth-order valence-corrected chi connectivity index (χ4v) is 4.81. The van der Waals surface area contributed by atoms with E-state index in [4.69, 9.17) is 0 Å². The third kappa shape index (κ3) is 3.77. The Morgan fingerprint density at radius 3 is 2.71 bits per heavy atom. The Morgan fingerprint density at radius 2 is 2.04 bits per heavy atom. The van der Waals surface area contributed by atoms with Gasteiger partial charge in [0, 0.05) is 26.1 Å². The minimum absolute atomic E-state index is 0.146. The summed E-state index contributed by atoms with van der Waals surface area (Å²) in [4.78, 5) is 28.2. The SMILES string of the molecule is CCC(=O)N1CCC(CN2C(=O)CSC2c2cccc(C)c2)CC1. The molecule has 1 unspecified atom stereocenters. The number of carbonyl (C=O) groups is 2. The summed E-state index contributed by atoms with van der Waals surface area (Å²) in [6.45, 7) is 6.50. The van der Waals surface area contributed by atoms with E-state index < -0.39 is 0 Å². The number of amides is 2. The number of aryl methyl sites for hydroxylation is 1. The van der Waals surface area contributed by atoms with Crippen molar-refractivity contribution in [3.8, 4) is 0 Å². The van der Waals surface area contributed by atoms with E-state index in [1.165, 1.54) is 11.1 Å².